The summed E-state index contributed by atoms with van der Waals surface area (Å²) >= 11 is 0. The molecule has 0 aromatic rings. The largest absolute Gasteiger partial charge is 0.444 e. The highest BCUT2D eigenvalue weighted by Gasteiger charge is 2.32. The van der Waals surface area contributed by atoms with Gasteiger partial charge in [-0.2, -0.15) is 0 Å². The van der Waals surface area contributed by atoms with Crippen molar-refractivity contribution in [3.8, 4) is 0 Å². The molecule has 150 valence electrons. The average molecular weight is 369 g/mol. The van der Waals surface area contributed by atoms with Crippen molar-refractivity contribution in [3.63, 3.8) is 0 Å². The zero-order chi connectivity index (χ0) is 19.4. The van der Waals surface area contributed by atoms with Crippen molar-refractivity contribution in [2.24, 2.45) is 11.8 Å². The molecule has 26 heavy (non-hydrogen) atoms. The van der Waals surface area contributed by atoms with Crippen LogP contribution in [0.2, 0.25) is 0 Å². The Labute approximate surface area is 157 Å². The summed E-state index contributed by atoms with van der Waals surface area (Å²) in [5.41, 5.74) is -0.625. The molecule has 0 bridgehead atoms. The highest BCUT2D eigenvalue weighted by Crippen LogP contribution is 2.30. The van der Waals surface area contributed by atoms with Crippen molar-refractivity contribution < 1.29 is 19.1 Å². The number of rotatable bonds is 4. The monoisotopic (exact) mass is 368 g/mol. The van der Waals surface area contributed by atoms with Crippen molar-refractivity contribution in [2.75, 3.05) is 13.2 Å². The van der Waals surface area contributed by atoms with Crippen LogP contribution in [-0.4, -0.2) is 42.4 Å². The molecule has 6 nitrogen and oxygen atoms in total. The second-order valence-corrected chi connectivity index (χ2v) is 9.41. The first-order valence-electron chi connectivity index (χ1n) is 9.95. The fraction of sp³-hybridized carbons (Fsp3) is 0.900. The molecule has 0 aromatic carbocycles. The van der Waals surface area contributed by atoms with Crippen LogP contribution < -0.4 is 10.6 Å². The lowest BCUT2D eigenvalue weighted by Crippen LogP contribution is -2.48. The maximum atomic E-state index is 12.6. The third kappa shape index (κ3) is 7.14. The maximum Gasteiger partial charge on any atom is 0.407 e. The first-order chi connectivity index (χ1) is 12.0. The van der Waals surface area contributed by atoms with Crippen molar-refractivity contribution in [1.29, 1.82) is 0 Å². The lowest BCUT2D eigenvalue weighted by atomic mass is 9.81. The van der Waals surface area contributed by atoms with Crippen LogP contribution in [0.25, 0.3) is 0 Å². The number of hydrogen-bond donors (Lipinski definition) is 2. The van der Waals surface area contributed by atoms with E-state index in [-0.39, 0.29) is 29.6 Å². The van der Waals surface area contributed by atoms with Crippen molar-refractivity contribution >= 4 is 12.0 Å². The Morgan fingerprint density at radius 3 is 2.35 bits per heavy atom. The molecule has 1 aliphatic carbocycles. The van der Waals surface area contributed by atoms with Gasteiger partial charge in [-0.1, -0.05) is 0 Å². The Kier molecular flexibility index (Phi) is 6.94. The summed E-state index contributed by atoms with van der Waals surface area (Å²) in [6, 6.07) is 0.220. The van der Waals surface area contributed by atoms with Gasteiger partial charge in [-0.3, -0.25) is 4.79 Å². The molecular weight excluding hydrogens is 332 g/mol. The molecular formula is C20H36N2O4. The minimum absolute atomic E-state index is 0.0960. The Bertz CT molecular complexity index is 491. The molecule has 2 aliphatic rings. The van der Waals surface area contributed by atoms with E-state index in [4.69, 9.17) is 9.47 Å². The van der Waals surface area contributed by atoms with Gasteiger partial charge in [-0.25, -0.2) is 4.79 Å². The van der Waals surface area contributed by atoms with Crippen LogP contribution in [0.5, 0.6) is 0 Å². The van der Waals surface area contributed by atoms with Gasteiger partial charge in [0.05, 0.1) is 5.60 Å². The standard InChI is InChI=1S/C20H36N2O4/c1-19(2,3)26-18(24)21-13-14-6-8-15(9-7-14)17(23)22-16-10-11-25-20(4,5)12-16/h14-16H,6-13H2,1-5H3,(H,21,24)(H,22,23)/t14?,15?,16-/m0/s1. The van der Waals surface area contributed by atoms with Crippen LogP contribution in [0.3, 0.4) is 0 Å². The Hall–Kier alpha value is -1.30. The van der Waals surface area contributed by atoms with E-state index < -0.39 is 5.60 Å². The highest BCUT2D eigenvalue weighted by atomic mass is 16.6. The van der Waals surface area contributed by atoms with Crippen LogP contribution in [0.4, 0.5) is 4.79 Å². The molecule has 2 amide bonds. The van der Waals surface area contributed by atoms with Crippen molar-refractivity contribution in [1.82, 2.24) is 10.6 Å². The third-order valence-electron chi connectivity index (χ3n) is 5.19. The first-order valence-corrected chi connectivity index (χ1v) is 9.95. The molecule has 6 heteroatoms. The van der Waals surface area contributed by atoms with Gasteiger partial charge >= 0.3 is 6.09 Å². The number of amides is 2. The summed E-state index contributed by atoms with van der Waals surface area (Å²) in [5.74, 6) is 0.707. The number of nitrogens with one attached hydrogen (secondary N) is 2. The molecule has 2 fully saturated rings. The fourth-order valence-corrected chi connectivity index (χ4v) is 3.84. The van der Waals surface area contributed by atoms with Gasteiger partial charge in [0.1, 0.15) is 5.60 Å². The Balaban J connectivity index is 1.67. The first kappa shape index (κ1) is 21.0. The average Bonchev–Trinajstić information content (AvgIpc) is 2.51. The molecule has 0 radical (unpaired) electrons. The summed E-state index contributed by atoms with van der Waals surface area (Å²) in [7, 11) is 0. The van der Waals surface area contributed by atoms with Gasteiger partial charge in [-0.15, -0.1) is 0 Å². The van der Waals surface area contributed by atoms with E-state index in [0.717, 1.165) is 38.5 Å². The maximum absolute atomic E-state index is 12.6. The van der Waals surface area contributed by atoms with Crippen molar-refractivity contribution in [3.05, 3.63) is 0 Å². The van der Waals surface area contributed by atoms with Gasteiger partial charge < -0.3 is 20.1 Å². The van der Waals surface area contributed by atoms with Gasteiger partial charge in [-0.05, 0) is 79.1 Å². The molecule has 1 heterocycles. The molecule has 1 aliphatic heterocycles. The van der Waals surface area contributed by atoms with E-state index in [1.54, 1.807) is 0 Å². The van der Waals surface area contributed by atoms with Crippen LogP contribution in [0, 0.1) is 11.8 Å². The van der Waals surface area contributed by atoms with E-state index >= 15 is 0 Å². The summed E-state index contributed by atoms with van der Waals surface area (Å²) in [6.07, 6.45) is 5.11. The quantitative estimate of drug-likeness (QED) is 0.797. The number of hydrogen-bond acceptors (Lipinski definition) is 4. The van der Waals surface area contributed by atoms with E-state index in [1.165, 1.54) is 0 Å². The molecule has 0 aromatic heterocycles. The minimum Gasteiger partial charge on any atom is -0.444 e. The van der Waals surface area contributed by atoms with Gasteiger partial charge in [0, 0.05) is 25.1 Å². The van der Waals surface area contributed by atoms with E-state index in [9.17, 15) is 9.59 Å². The summed E-state index contributed by atoms with van der Waals surface area (Å²) in [6.45, 7) is 11.1. The highest BCUT2D eigenvalue weighted by molar-refractivity contribution is 5.79. The number of carbonyl (C=O) groups is 2. The lowest BCUT2D eigenvalue weighted by Gasteiger charge is -2.37. The SMILES string of the molecule is CC(C)(C)OC(=O)NCC1CCC(C(=O)N[C@H]2CCOC(C)(C)C2)CC1. The number of alkyl carbamates (subject to hydrolysis) is 1. The van der Waals surface area contributed by atoms with E-state index in [1.807, 2.05) is 20.8 Å². The van der Waals surface area contributed by atoms with Crippen LogP contribution in [0.15, 0.2) is 0 Å². The summed E-state index contributed by atoms with van der Waals surface area (Å²) in [5, 5.41) is 6.08. The molecule has 1 atom stereocenters. The molecule has 2 rings (SSSR count). The van der Waals surface area contributed by atoms with Crippen molar-refractivity contribution in [2.45, 2.75) is 90.4 Å². The molecule has 2 N–H and O–H groups in total. The number of carbonyl (C=O) groups excluding carboxylic acids is 2. The smallest absolute Gasteiger partial charge is 0.407 e. The third-order valence-corrected chi connectivity index (χ3v) is 5.19. The minimum atomic E-state index is -0.474. The molecule has 1 saturated carbocycles. The summed E-state index contributed by atoms with van der Waals surface area (Å²) < 4.78 is 11.0. The second kappa shape index (κ2) is 8.59. The Morgan fingerprint density at radius 2 is 1.77 bits per heavy atom. The molecule has 0 unspecified atom stereocenters. The normalized spacial score (nSPS) is 28.9. The molecule has 0 spiro atoms. The van der Waals surface area contributed by atoms with Crippen LogP contribution in [-0.2, 0) is 14.3 Å². The van der Waals surface area contributed by atoms with Crippen LogP contribution in [0.1, 0.15) is 73.1 Å². The van der Waals surface area contributed by atoms with Gasteiger partial charge in [0.2, 0.25) is 5.91 Å². The lowest BCUT2D eigenvalue weighted by molar-refractivity contribution is -0.129. The van der Waals surface area contributed by atoms with Crippen LogP contribution >= 0.6 is 0 Å². The molecule has 1 saturated heterocycles. The fourth-order valence-electron chi connectivity index (χ4n) is 3.84. The van der Waals surface area contributed by atoms with Gasteiger partial charge in [0.15, 0.2) is 0 Å². The Morgan fingerprint density at radius 1 is 1.12 bits per heavy atom. The summed E-state index contributed by atoms with van der Waals surface area (Å²) in [4.78, 5) is 24.3. The zero-order valence-electron chi connectivity index (χ0n) is 17.0. The van der Waals surface area contributed by atoms with E-state index in [2.05, 4.69) is 24.5 Å². The zero-order valence-corrected chi connectivity index (χ0v) is 17.0. The topological polar surface area (TPSA) is 76.7 Å². The predicted octanol–water partition coefficient (Wildman–Crippen LogP) is 3.39. The number of ether oxygens (including phenoxy) is 2. The second-order valence-electron chi connectivity index (χ2n) is 9.41. The van der Waals surface area contributed by atoms with Gasteiger partial charge in [0.25, 0.3) is 0 Å². The van der Waals surface area contributed by atoms with E-state index in [0.29, 0.717) is 19.1 Å². The predicted molar refractivity (Wildman–Crippen MR) is 101 cm³/mol.